The van der Waals surface area contributed by atoms with Gasteiger partial charge in [-0.3, -0.25) is 4.79 Å². The highest BCUT2D eigenvalue weighted by Gasteiger charge is 2.27. The molecule has 1 fully saturated rings. The number of hydrogen-bond acceptors (Lipinski definition) is 4. The molecule has 0 aliphatic carbocycles. The average Bonchev–Trinajstić information content (AvgIpc) is 2.62. The van der Waals surface area contributed by atoms with E-state index in [0.717, 1.165) is 19.3 Å². The summed E-state index contributed by atoms with van der Waals surface area (Å²) in [7, 11) is -3.60. The molecule has 1 aliphatic heterocycles. The van der Waals surface area contributed by atoms with Gasteiger partial charge in [0.2, 0.25) is 10.0 Å². The van der Waals surface area contributed by atoms with Crippen LogP contribution in [0.3, 0.4) is 0 Å². The van der Waals surface area contributed by atoms with Gasteiger partial charge in [0.05, 0.1) is 18.1 Å². The van der Waals surface area contributed by atoms with Gasteiger partial charge < -0.3 is 10.1 Å². The number of benzene rings is 1. The zero-order valence-electron chi connectivity index (χ0n) is 15.9. The first kappa shape index (κ1) is 20.9. The van der Waals surface area contributed by atoms with Gasteiger partial charge in [0, 0.05) is 24.7 Å². The van der Waals surface area contributed by atoms with Gasteiger partial charge in [0.1, 0.15) is 0 Å². The van der Waals surface area contributed by atoms with Crippen LogP contribution in [-0.2, 0) is 14.8 Å². The van der Waals surface area contributed by atoms with Crippen LogP contribution in [0.15, 0.2) is 29.2 Å². The molecular weight excluding hydrogens is 352 g/mol. The Morgan fingerprint density at radius 2 is 1.88 bits per heavy atom. The predicted molar refractivity (Wildman–Crippen MR) is 102 cm³/mol. The summed E-state index contributed by atoms with van der Waals surface area (Å²) in [4.78, 5) is 12.6. The lowest BCUT2D eigenvalue weighted by Crippen LogP contribution is -2.40. The Morgan fingerprint density at radius 1 is 1.19 bits per heavy atom. The number of nitrogens with zero attached hydrogens (tertiary/aromatic N) is 1. The lowest BCUT2D eigenvalue weighted by atomic mass is 10.0. The number of ether oxygens (including phenoxy) is 1. The standard InChI is InChI=1S/C19H30N2O4S/c1-15(2)6-4-7-16(3)20-19(22)17-8-5-9-18(14-17)26(23,24)21-10-12-25-13-11-21/h5,8-9,14-16H,4,6-7,10-13H2,1-3H3,(H,20,22)/t16-/m1/s1. The van der Waals surface area contributed by atoms with Crippen molar-refractivity contribution in [2.75, 3.05) is 26.3 Å². The molecule has 0 saturated carbocycles. The van der Waals surface area contributed by atoms with E-state index in [1.54, 1.807) is 12.1 Å². The third kappa shape index (κ3) is 5.79. The molecule has 1 aromatic carbocycles. The van der Waals surface area contributed by atoms with E-state index in [1.807, 2.05) is 6.92 Å². The van der Waals surface area contributed by atoms with Crippen molar-refractivity contribution in [1.29, 1.82) is 0 Å². The van der Waals surface area contributed by atoms with E-state index in [1.165, 1.54) is 16.4 Å². The quantitative estimate of drug-likeness (QED) is 0.750. The Balaban J connectivity index is 2.02. The van der Waals surface area contributed by atoms with Crippen molar-refractivity contribution in [1.82, 2.24) is 9.62 Å². The van der Waals surface area contributed by atoms with Crippen molar-refractivity contribution in [2.45, 2.75) is 51.0 Å². The minimum Gasteiger partial charge on any atom is -0.379 e. The molecule has 1 saturated heterocycles. The fourth-order valence-corrected chi connectivity index (χ4v) is 4.40. The lowest BCUT2D eigenvalue weighted by Gasteiger charge is -2.26. The molecule has 2 rings (SSSR count). The van der Waals surface area contributed by atoms with E-state index in [2.05, 4.69) is 19.2 Å². The van der Waals surface area contributed by atoms with Gasteiger partial charge in [0.25, 0.3) is 5.91 Å². The van der Waals surface area contributed by atoms with Crippen LogP contribution in [0.25, 0.3) is 0 Å². The predicted octanol–water partition coefficient (Wildman–Crippen LogP) is 2.65. The van der Waals surface area contributed by atoms with E-state index >= 15 is 0 Å². The van der Waals surface area contributed by atoms with Gasteiger partial charge in [0.15, 0.2) is 0 Å². The van der Waals surface area contributed by atoms with Gasteiger partial charge in [-0.2, -0.15) is 4.31 Å². The number of hydrogen-bond donors (Lipinski definition) is 1. The molecule has 0 aromatic heterocycles. The van der Waals surface area contributed by atoms with Crippen LogP contribution < -0.4 is 5.32 Å². The number of nitrogens with one attached hydrogen (secondary N) is 1. The summed E-state index contributed by atoms with van der Waals surface area (Å²) in [5.74, 6) is 0.418. The summed E-state index contributed by atoms with van der Waals surface area (Å²) in [6, 6.07) is 6.31. The number of carbonyl (C=O) groups excluding carboxylic acids is 1. The van der Waals surface area contributed by atoms with Crippen LogP contribution in [0.4, 0.5) is 0 Å². The van der Waals surface area contributed by atoms with Crippen LogP contribution >= 0.6 is 0 Å². The Hall–Kier alpha value is -1.44. The molecule has 146 valence electrons. The molecular formula is C19H30N2O4S. The van der Waals surface area contributed by atoms with Crippen LogP contribution in [0.2, 0.25) is 0 Å². The first-order valence-corrected chi connectivity index (χ1v) is 10.7. The van der Waals surface area contributed by atoms with Crippen molar-refractivity contribution in [3.8, 4) is 0 Å². The minimum atomic E-state index is -3.60. The van der Waals surface area contributed by atoms with Crippen LogP contribution in [0, 0.1) is 5.92 Å². The number of amides is 1. The van der Waals surface area contributed by atoms with Gasteiger partial charge in [-0.1, -0.05) is 32.8 Å². The maximum atomic E-state index is 12.7. The fourth-order valence-electron chi connectivity index (χ4n) is 2.95. The average molecular weight is 383 g/mol. The lowest BCUT2D eigenvalue weighted by molar-refractivity contribution is 0.0730. The van der Waals surface area contributed by atoms with Crippen LogP contribution in [0.5, 0.6) is 0 Å². The van der Waals surface area contributed by atoms with E-state index in [9.17, 15) is 13.2 Å². The Kier molecular flexibility index (Phi) is 7.61. The monoisotopic (exact) mass is 382 g/mol. The van der Waals surface area contributed by atoms with E-state index in [4.69, 9.17) is 4.74 Å². The molecule has 1 atom stereocenters. The largest absolute Gasteiger partial charge is 0.379 e. The van der Waals surface area contributed by atoms with Gasteiger partial charge in [-0.05, 0) is 37.5 Å². The minimum absolute atomic E-state index is 0.0563. The first-order valence-electron chi connectivity index (χ1n) is 9.29. The first-order chi connectivity index (χ1) is 12.3. The Bertz CT molecular complexity index is 697. The van der Waals surface area contributed by atoms with Crippen LogP contribution in [-0.4, -0.2) is 51.0 Å². The third-order valence-electron chi connectivity index (χ3n) is 4.50. The summed E-state index contributed by atoms with van der Waals surface area (Å²) in [6.45, 7) is 7.82. The topological polar surface area (TPSA) is 75.7 Å². The van der Waals surface area contributed by atoms with Crippen molar-refractivity contribution < 1.29 is 17.9 Å². The highest BCUT2D eigenvalue weighted by atomic mass is 32.2. The summed E-state index contributed by atoms with van der Waals surface area (Å²) in [5.41, 5.74) is 0.370. The molecule has 0 spiro atoms. The van der Waals surface area contributed by atoms with E-state index in [0.29, 0.717) is 37.8 Å². The fraction of sp³-hybridized carbons (Fsp3) is 0.632. The van der Waals surface area contributed by atoms with Gasteiger partial charge in [-0.25, -0.2) is 8.42 Å². The maximum absolute atomic E-state index is 12.7. The van der Waals surface area contributed by atoms with Gasteiger partial charge in [-0.15, -0.1) is 0 Å². The SMILES string of the molecule is CC(C)CCC[C@@H](C)NC(=O)c1cccc(S(=O)(=O)N2CCOCC2)c1. The van der Waals surface area contributed by atoms with E-state index in [-0.39, 0.29) is 16.8 Å². The second-order valence-electron chi connectivity index (χ2n) is 7.24. The van der Waals surface area contributed by atoms with Gasteiger partial charge >= 0.3 is 0 Å². The van der Waals surface area contributed by atoms with E-state index < -0.39 is 10.0 Å². The number of carbonyl (C=O) groups is 1. The van der Waals surface area contributed by atoms with Crippen LogP contribution in [0.1, 0.15) is 50.4 Å². The number of sulfonamides is 1. The summed E-state index contributed by atoms with van der Waals surface area (Å²) in [6.07, 6.45) is 3.10. The molecule has 1 N–H and O–H groups in total. The summed E-state index contributed by atoms with van der Waals surface area (Å²) < 4.78 is 32.1. The van der Waals surface area contributed by atoms with Crippen molar-refractivity contribution in [3.63, 3.8) is 0 Å². The molecule has 7 heteroatoms. The smallest absolute Gasteiger partial charge is 0.251 e. The second kappa shape index (κ2) is 9.48. The molecule has 0 bridgehead atoms. The normalized spacial score (nSPS) is 17.2. The molecule has 1 heterocycles. The summed E-state index contributed by atoms with van der Waals surface area (Å²) >= 11 is 0. The Labute approximate surface area is 157 Å². The van der Waals surface area contributed by atoms with Crippen molar-refractivity contribution in [2.24, 2.45) is 5.92 Å². The number of morpholine rings is 1. The summed E-state index contributed by atoms with van der Waals surface area (Å²) in [5, 5.41) is 2.96. The zero-order chi connectivity index (χ0) is 19.2. The molecule has 1 aromatic rings. The maximum Gasteiger partial charge on any atom is 0.251 e. The Morgan fingerprint density at radius 3 is 2.54 bits per heavy atom. The third-order valence-corrected chi connectivity index (χ3v) is 6.39. The second-order valence-corrected chi connectivity index (χ2v) is 9.18. The molecule has 26 heavy (non-hydrogen) atoms. The molecule has 1 amide bonds. The molecule has 0 unspecified atom stereocenters. The molecule has 0 radical (unpaired) electrons. The zero-order valence-corrected chi connectivity index (χ0v) is 16.7. The molecule has 1 aliphatic rings. The highest BCUT2D eigenvalue weighted by Crippen LogP contribution is 2.18. The molecule has 6 nitrogen and oxygen atoms in total. The number of rotatable bonds is 8. The van der Waals surface area contributed by atoms with Crippen molar-refractivity contribution in [3.05, 3.63) is 29.8 Å². The van der Waals surface area contributed by atoms with Crippen molar-refractivity contribution >= 4 is 15.9 Å². The highest BCUT2D eigenvalue weighted by molar-refractivity contribution is 7.89.